The van der Waals surface area contributed by atoms with E-state index in [9.17, 15) is 4.79 Å². The normalized spacial score (nSPS) is 11.0. The second-order valence-corrected chi connectivity index (χ2v) is 8.62. The molecule has 4 aromatic rings. The first-order valence-corrected chi connectivity index (χ1v) is 11.3. The Morgan fingerprint density at radius 3 is 2.47 bits per heavy atom. The Hall–Kier alpha value is -3.29. The summed E-state index contributed by atoms with van der Waals surface area (Å²) in [5.74, 6) is 1.22. The molecule has 2 aromatic heterocycles. The fourth-order valence-electron chi connectivity index (χ4n) is 3.75. The Morgan fingerprint density at radius 2 is 1.78 bits per heavy atom. The zero-order chi connectivity index (χ0) is 22.7. The van der Waals surface area contributed by atoms with Gasteiger partial charge in [-0.1, -0.05) is 48.5 Å². The van der Waals surface area contributed by atoms with Gasteiger partial charge in [0.05, 0.1) is 11.9 Å². The molecule has 7 heteroatoms. The second kappa shape index (κ2) is 9.46. The largest absolute Gasteiger partial charge is 0.377 e. The van der Waals surface area contributed by atoms with Crippen molar-refractivity contribution in [3.63, 3.8) is 0 Å². The van der Waals surface area contributed by atoms with Gasteiger partial charge in [-0.15, -0.1) is 11.3 Å². The highest BCUT2D eigenvalue weighted by Crippen LogP contribution is 2.38. The maximum atomic E-state index is 12.9. The van der Waals surface area contributed by atoms with Gasteiger partial charge < -0.3 is 15.0 Å². The third kappa shape index (κ3) is 4.49. The van der Waals surface area contributed by atoms with Crippen LogP contribution in [0.15, 0.2) is 53.9 Å². The lowest BCUT2D eigenvalue weighted by atomic mass is 10.1. The van der Waals surface area contributed by atoms with Gasteiger partial charge >= 0.3 is 0 Å². The molecule has 0 spiro atoms. The zero-order valence-corrected chi connectivity index (χ0v) is 19.5. The highest BCUT2D eigenvalue weighted by atomic mass is 32.1. The van der Waals surface area contributed by atoms with Crippen molar-refractivity contribution >= 4 is 39.0 Å². The molecule has 0 saturated heterocycles. The number of ether oxygens (including phenoxy) is 1. The Kier molecular flexibility index (Phi) is 6.48. The van der Waals surface area contributed by atoms with Crippen LogP contribution in [0.2, 0.25) is 0 Å². The molecule has 0 radical (unpaired) electrons. The van der Waals surface area contributed by atoms with Gasteiger partial charge in [0.1, 0.15) is 17.3 Å². The summed E-state index contributed by atoms with van der Waals surface area (Å²) in [6.45, 7) is 4.46. The topological polar surface area (TPSA) is 67.3 Å². The van der Waals surface area contributed by atoms with Crippen LogP contribution >= 0.6 is 11.3 Å². The van der Waals surface area contributed by atoms with Crippen molar-refractivity contribution in [1.29, 1.82) is 0 Å². The SMILES string of the molecule is COCc1nc(N(C)CC(=O)Nc2c(C)cccc2C)c2c(-c3ccccc3)csc2n1. The van der Waals surface area contributed by atoms with Crippen molar-refractivity contribution in [1.82, 2.24) is 9.97 Å². The number of hydrogen-bond acceptors (Lipinski definition) is 6. The highest BCUT2D eigenvalue weighted by Gasteiger charge is 2.20. The molecular weight excluding hydrogens is 420 g/mol. The lowest BCUT2D eigenvalue weighted by Gasteiger charge is -2.21. The molecule has 0 aliphatic carbocycles. The lowest BCUT2D eigenvalue weighted by Crippen LogP contribution is -2.31. The molecule has 0 atom stereocenters. The Morgan fingerprint density at radius 1 is 1.06 bits per heavy atom. The average Bonchev–Trinajstić information content (AvgIpc) is 3.20. The monoisotopic (exact) mass is 446 g/mol. The third-order valence-corrected chi connectivity index (χ3v) is 6.18. The predicted molar refractivity (Wildman–Crippen MR) is 131 cm³/mol. The number of methoxy groups -OCH3 is 1. The number of hydrogen-bond donors (Lipinski definition) is 1. The zero-order valence-electron chi connectivity index (χ0n) is 18.7. The number of para-hydroxylation sites is 1. The number of benzene rings is 2. The number of carbonyl (C=O) groups excluding carboxylic acids is 1. The van der Waals surface area contributed by atoms with Crippen molar-refractivity contribution in [2.75, 3.05) is 30.9 Å². The number of aromatic nitrogens is 2. The van der Waals surface area contributed by atoms with E-state index in [1.807, 2.05) is 62.2 Å². The molecular formula is C25H26N4O2S. The summed E-state index contributed by atoms with van der Waals surface area (Å²) in [5.41, 5.74) is 5.09. The van der Waals surface area contributed by atoms with Crippen LogP contribution in [0.25, 0.3) is 21.3 Å². The summed E-state index contributed by atoms with van der Waals surface area (Å²) in [5, 5.41) is 6.11. The smallest absolute Gasteiger partial charge is 0.243 e. The van der Waals surface area contributed by atoms with E-state index in [4.69, 9.17) is 9.72 Å². The van der Waals surface area contributed by atoms with Gasteiger partial charge in [0, 0.05) is 30.8 Å². The molecule has 0 unspecified atom stereocenters. The molecule has 1 amide bonds. The first-order chi connectivity index (χ1) is 15.5. The molecule has 0 fully saturated rings. The van der Waals surface area contributed by atoms with Gasteiger partial charge in [0.15, 0.2) is 5.82 Å². The number of rotatable bonds is 7. The van der Waals surface area contributed by atoms with Crippen molar-refractivity contribution in [3.8, 4) is 11.1 Å². The van der Waals surface area contributed by atoms with Crippen LogP contribution in [0, 0.1) is 13.8 Å². The average molecular weight is 447 g/mol. The number of amides is 1. The van der Waals surface area contributed by atoms with Gasteiger partial charge in [-0.2, -0.15) is 0 Å². The van der Waals surface area contributed by atoms with Gasteiger partial charge in [-0.05, 0) is 30.5 Å². The number of nitrogens with one attached hydrogen (secondary N) is 1. The predicted octanol–water partition coefficient (Wildman–Crippen LogP) is 5.20. The highest BCUT2D eigenvalue weighted by molar-refractivity contribution is 7.17. The number of carbonyl (C=O) groups is 1. The molecule has 0 aliphatic heterocycles. The molecule has 32 heavy (non-hydrogen) atoms. The van der Waals surface area contributed by atoms with E-state index in [0.29, 0.717) is 12.4 Å². The number of aryl methyl sites for hydroxylation is 2. The minimum Gasteiger partial charge on any atom is -0.377 e. The summed E-state index contributed by atoms with van der Waals surface area (Å²) < 4.78 is 5.27. The fraction of sp³-hybridized carbons (Fsp3) is 0.240. The Balaban J connectivity index is 1.70. The first kappa shape index (κ1) is 21.9. The molecule has 0 bridgehead atoms. The van der Waals surface area contributed by atoms with Crippen molar-refractivity contribution < 1.29 is 9.53 Å². The minimum atomic E-state index is -0.0959. The molecule has 0 saturated carbocycles. The quantitative estimate of drug-likeness (QED) is 0.423. The Bertz CT molecular complexity index is 1230. The van der Waals surface area contributed by atoms with E-state index < -0.39 is 0 Å². The van der Waals surface area contributed by atoms with Crippen LogP contribution < -0.4 is 10.2 Å². The van der Waals surface area contributed by atoms with Crippen molar-refractivity contribution in [3.05, 3.63) is 70.9 Å². The number of likely N-dealkylation sites (N-methyl/N-ethyl adjacent to an activating group) is 1. The van der Waals surface area contributed by atoms with Gasteiger partial charge in [0.2, 0.25) is 5.91 Å². The summed E-state index contributed by atoms with van der Waals surface area (Å²) in [6.07, 6.45) is 0. The maximum Gasteiger partial charge on any atom is 0.243 e. The standard InChI is InChI=1S/C25H26N4O2S/c1-16-9-8-10-17(2)23(16)28-21(30)13-29(3)24-22-19(18-11-6-5-7-12-18)15-32-25(22)27-20(26-24)14-31-4/h5-12,15H,13-14H2,1-4H3,(H,28,30). The third-order valence-electron chi connectivity index (χ3n) is 5.31. The van der Waals surface area contributed by atoms with Crippen LogP contribution in [0.5, 0.6) is 0 Å². The van der Waals surface area contributed by atoms with E-state index in [1.54, 1.807) is 18.4 Å². The molecule has 6 nitrogen and oxygen atoms in total. The van der Waals surface area contributed by atoms with Crippen molar-refractivity contribution in [2.45, 2.75) is 20.5 Å². The summed E-state index contributed by atoms with van der Waals surface area (Å²) in [6, 6.07) is 16.1. The second-order valence-electron chi connectivity index (χ2n) is 7.76. The molecule has 164 valence electrons. The van der Waals surface area contributed by atoms with Crippen molar-refractivity contribution in [2.24, 2.45) is 0 Å². The van der Waals surface area contributed by atoms with Crippen LogP contribution in [0.4, 0.5) is 11.5 Å². The van der Waals surface area contributed by atoms with Crippen LogP contribution in [0.3, 0.4) is 0 Å². The van der Waals surface area contributed by atoms with Gasteiger partial charge in [-0.25, -0.2) is 9.97 Å². The maximum absolute atomic E-state index is 12.9. The molecule has 0 aliphatic rings. The fourth-order valence-corrected chi connectivity index (χ4v) is 4.71. The number of anilines is 2. The number of fused-ring (bicyclic) bond motifs is 1. The van der Waals surface area contributed by atoms with Gasteiger partial charge in [-0.3, -0.25) is 4.79 Å². The lowest BCUT2D eigenvalue weighted by molar-refractivity contribution is -0.114. The van der Waals surface area contributed by atoms with Crippen LogP contribution in [-0.2, 0) is 16.1 Å². The van der Waals surface area contributed by atoms with Crippen LogP contribution in [-0.4, -0.2) is 36.6 Å². The van der Waals surface area contributed by atoms with Crippen LogP contribution in [0.1, 0.15) is 17.0 Å². The molecule has 2 aromatic carbocycles. The van der Waals surface area contributed by atoms with E-state index in [0.717, 1.165) is 44.0 Å². The van der Waals surface area contributed by atoms with Gasteiger partial charge in [0.25, 0.3) is 0 Å². The summed E-state index contributed by atoms with van der Waals surface area (Å²) in [7, 11) is 3.51. The molecule has 4 rings (SSSR count). The summed E-state index contributed by atoms with van der Waals surface area (Å²) in [4.78, 5) is 25.1. The molecule has 1 N–H and O–H groups in total. The van der Waals surface area contributed by atoms with E-state index in [2.05, 4.69) is 27.8 Å². The minimum absolute atomic E-state index is 0.0959. The van der Waals surface area contributed by atoms with E-state index in [-0.39, 0.29) is 12.5 Å². The summed E-state index contributed by atoms with van der Waals surface area (Å²) >= 11 is 1.57. The number of nitrogens with zero attached hydrogens (tertiary/aromatic N) is 3. The Labute approximate surface area is 191 Å². The molecule has 2 heterocycles. The first-order valence-electron chi connectivity index (χ1n) is 10.4. The van der Waals surface area contributed by atoms with E-state index >= 15 is 0 Å². The van der Waals surface area contributed by atoms with E-state index in [1.165, 1.54) is 0 Å². The number of thiophene rings is 1.